The molecular formula is C17H19BrO2. The highest BCUT2D eigenvalue weighted by Crippen LogP contribution is 2.33. The fourth-order valence-corrected chi connectivity index (χ4v) is 2.80. The number of hydrogen-bond donors (Lipinski definition) is 1. The summed E-state index contributed by atoms with van der Waals surface area (Å²) < 4.78 is 6.33. The van der Waals surface area contributed by atoms with E-state index in [-0.39, 0.29) is 0 Å². The molecular weight excluding hydrogens is 316 g/mol. The minimum Gasteiger partial charge on any atom is -0.496 e. The average Bonchev–Trinajstić information content (AvgIpc) is 2.43. The fourth-order valence-electron chi connectivity index (χ4n) is 2.41. The lowest BCUT2D eigenvalue weighted by molar-refractivity contribution is 0.218. The topological polar surface area (TPSA) is 29.5 Å². The Balaban J connectivity index is 2.51. The Hall–Kier alpha value is -1.32. The molecule has 0 aliphatic heterocycles. The van der Waals surface area contributed by atoms with E-state index in [2.05, 4.69) is 15.9 Å². The lowest BCUT2D eigenvalue weighted by Gasteiger charge is -2.19. The summed E-state index contributed by atoms with van der Waals surface area (Å²) in [6, 6.07) is 9.86. The summed E-state index contributed by atoms with van der Waals surface area (Å²) in [5.74, 6) is 0.851. The largest absolute Gasteiger partial charge is 0.496 e. The van der Waals surface area contributed by atoms with Crippen molar-refractivity contribution in [1.82, 2.24) is 0 Å². The molecule has 0 amide bonds. The maximum atomic E-state index is 10.7. The van der Waals surface area contributed by atoms with Gasteiger partial charge in [0.25, 0.3) is 0 Å². The van der Waals surface area contributed by atoms with Crippen molar-refractivity contribution < 1.29 is 9.84 Å². The highest BCUT2D eigenvalue weighted by Gasteiger charge is 2.17. The molecule has 0 fully saturated rings. The first-order valence-electron chi connectivity index (χ1n) is 6.54. The Morgan fingerprint density at radius 2 is 1.75 bits per heavy atom. The van der Waals surface area contributed by atoms with E-state index < -0.39 is 6.10 Å². The van der Waals surface area contributed by atoms with Crippen LogP contribution in [0.25, 0.3) is 0 Å². The van der Waals surface area contributed by atoms with Gasteiger partial charge in [0.2, 0.25) is 0 Å². The highest BCUT2D eigenvalue weighted by atomic mass is 79.9. The molecule has 20 heavy (non-hydrogen) atoms. The number of methoxy groups -OCH3 is 1. The van der Waals surface area contributed by atoms with Gasteiger partial charge >= 0.3 is 0 Å². The summed E-state index contributed by atoms with van der Waals surface area (Å²) in [5.41, 5.74) is 4.96. The van der Waals surface area contributed by atoms with E-state index in [9.17, 15) is 5.11 Å². The Labute approximate surface area is 128 Å². The second-order valence-electron chi connectivity index (χ2n) is 5.04. The molecule has 0 heterocycles. The second-order valence-corrected chi connectivity index (χ2v) is 5.89. The van der Waals surface area contributed by atoms with Crippen LogP contribution in [0.3, 0.4) is 0 Å². The van der Waals surface area contributed by atoms with Crippen LogP contribution in [0.4, 0.5) is 0 Å². The quantitative estimate of drug-likeness (QED) is 0.897. The molecule has 2 aromatic rings. The fraction of sp³-hybridized carbons (Fsp3) is 0.294. The lowest BCUT2D eigenvalue weighted by atomic mass is 9.93. The molecule has 1 atom stereocenters. The van der Waals surface area contributed by atoms with Crippen LogP contribution in [-0.4, -0.2) is 12.2 Å². The molecule has 0 spiro atoms. The van der Waals surface area contributed by atoms with E-state index in [0.29, 0.717) is 0 Å². The van der Waals surface area contributed by atoms with Crippen molar-refractivity contribution in [2.75, 3.05) is 7.11 Å². The zero-order chi connectivity index (χ0) is 14.9. The average molecular weight is 335 g/mol. The lowest BCUT2D eigenvalue weighted by Crippen LogP contribution is -2.05. The number of benzene rings is 2. The summed E-state index contributed by atoms with van der Waals surface area (Å²) >= 11 is 3.51. The summed E-state index contributed by atoms with van der Waals surface area (Å²) in [6.07, 6.45) is -0.628. The van der Waals surface area contributed by atoms with Crippen LogP contribution in [0.15, 0.2) is 34.8 Å². The molecule has 0 saturated carbocycles. The van der Waals surface area contributed by atoms with Gasteiger partial charge in [-0.1, -0.05) is 28.1 Å². The normalized spacial score (nSPS) is 12.3. The number of aliphatic hydroxyl groups is 1. The molecule has 1 unspecified atom stereocenters. The Morgan fingerprint density at radius 3 is 2.40 bits per heavy atom. The van der Waals surface area contributed by atoms with Gasteiger partial charge in [-0.3, -0.25) is 0 Å². The SMILES string of the molecule is COc1cc(C)c(C(O)c2cccc(Br)c2C)cc1C. The Morgan fingerprint density at radius 1 is 1.05 bits per heavy atom. The number of aliphatic hydroxyl groups excluding tert-OH is 1. The molecule has 0 radical (unpaired) electrons. The molecule has 3 heteroatoms. The molecule has 106 valence electrons. The number of aryl methyl sites for hydroxylation is 2. The minimum absolute atomic E-state index is 0.628. The van der Waals surface area contributed by atoms with E-state index in [4.69, 9.17) is 4.74 Å². The molecule has 0 saturated heterocycles. The first-order chi connectivity index (χ1) is 9.45. The third-order valence-corrected chi connectivity index (χ3v) is 4.54. The zero-order valence-electron chi connectivity index (χ0n) is 12.2. The standard InChI is InChI=1S/C17H19BrO2/c1-10-9-16(20-4)11(2)8-14(10)17(19)13-6-5-7-15(18)12(13)3/h5-9,17,19H,1-4H3. The van der Waals surface area contributed by atoms with Gasteiger partial charge in [-0.15, -0.1) is 0 Å². The first-order valence-corrected chi connectivity index (χ1v) is 7.33. The molecule has 2 aromatic carbocycles. The molecule has 0 bridgehead atoms. The number of ether oxygens (including phenoxy) is 1. The van der Waals surface area contributed by atoms with E-state index in [1.807, 2.05) is 51.1 Å². The van der Waals surface area contributed by atoms with Crippen molar-refractivity contribution in [2.45, 2.75) is 26.9 Å². The molecule has 2 nitrogen and oxygen atoms in total. The van der Waals surface area contributed by atoms with Crippen LogP contribution in [-0.2, 0) is 0 Å². The molecule has 0 aliphatic carbocycles. The van der Waals surface area contributed by atoms with Crippen molar-refractivity contribution >= 4 is 15.9 Å². The van der Waals surface area contributed by atoms with E-state index in [0.717, 1.165) is 38.0 Å². The van der Waals surface area contributed by atoms with Gasteiger partial charge in [-0.25, -0.2) is 0 Å². The van der Waals surface area contributed by atoms with E-state index in [1.165, 1.54) is 0 Å². The Kier molecular flexibility index (Phi) is 4.51. The zero-order valence-corrected chi connectivity index (χ0v) is 13.8. The maximum Gasteiger partial charge on any atom is 0.122 e. The predicted molar refractivity (Wildman–Crippen MR) is 85.4 cm³/mol. The predicted octanol–water partition coefficient (Wildman–Crippen LogP) is 4.46. The molecule has 1 N–H and O–H groups in total. The van der Waals surface area contributed by atoms with Crippen molar-refractivity contribution in [3.05, 3.63) is 62.6 Å². The monoisotopic (exact) mass is 334 g/mol. The third kappa shape index (κ3) is 2.74. The van der Waals surface area contributed by atoms with E-state index >= 15 is 0 Å². The number of rotatable bonds is 3. The van der Waals surface area contributed by atoms with Crippen molar-refractivity contribution in [3.8, 4) is 5.75 Å². The van der Waals surface area contributed by atoms with Crippen molar-refractivity contribution in [3.63, 3.8) is 0 Å². The Bertz CT molecular complexity index is 635. The molecule has 2 rings (SSSR count). The van der Waals surface area contributed by atoms with Gasteiger partial charge in [0.15, 0.2) is 0 Å². The van der Waals surface area contributed by atoms with Gasteiger partial charge in [0, 0.05) is 4.47 Å². The van der Waals surface area contributed by atoms with Crippen LogP contribution in [0.5, 0.6) is 5.75 Å². The van der Waals surface area contributed by atoms with Gasteiger partial charge in [-0.2, -0.15) is 0 Å². The summed E-state index contributed by atoms with van der Waals surface area (Å²) in [5, 5.41) is 10.7. The third-order valence-electron chi connectivity index (χ3n) is 3.68. The first kappa shape index (κ1) is 15.1. The van der Waals surface area contributed by atoms with Crippen LogP contribution >= 0.6 is 15.9 Å². The summed E-state index contributed by atoms with van der Waals surface area (Å²) in [6.45, 7) is 5.99. The van der Waals surface area contributed by atoms with Crippen LogP contribution in [0.1, 0.15) is 33.9 Å². The second kappa shape index (κ2) is 5.98. The van der Waals surface area contributed by atoms with Gasteiger partial charge < -0.3 is 9.84 Å². The van der Waals surface area contributed by atoms with Gasteiger partial charge in [-0.05, 0) is 66.8 Å². The van der Waals surface area contributed by atoms with Gasteiger partial charge in [0.05, 0.1) is 7.11 Å². The van der Waals surface area contributed by atoms with Gasteiger partial charge in [0.1, 0.15) is 11.9 Å². The van der Waals surface area contributed by atoms with Crippen LogP contribution < -0.4 is 4.74 Å². The maximum absolute atomic E-state index is 10.7. The summed E-state index contributed by atoms with van der Waals surface area (Å²) in [4.78, 5) is 0. The number of halogens is 1. The van der Waals surface area contributed by atoms with Crippen LogP contribution in [0.2, 0.25) is 0 Å². The minimum atomic E-state index is -0.628. The van der Waals surface area contributed by atoms with Crippen molar-refractivity contribution in [2.24, 2.45) is 0 Å². The molecule has 0 aromatic heterocycles. The molecule has 0 aliphatic rings. The van der Waals surface area contributed by atoms with Crippen LogP contribution in [0, 0.1) is 20.8 Å². The summed E-state index contributed by atoms with van der Waals surface area (Å²) in [7, 11) is 1.66. The highest BCUT2D eigenvalue weighted by molar-refractivity contribution is 9.10. The smallest absolute Gasteiger partial charge is 0.122 e. The number of hydrogen-bond acceptors (Lipinski definition) is 2. The van der Waals surface area contributed by atoms with E-state index in [1.54, 1.807) is 7.11 Å². The van der Waals surface area contributed by atoms with Crippen molar-refractivity contribution in [1.29, 1.82) is 0 Å².